The van der Waals surface area contributed by atoms with Gasteiger partial charge in [0.1, 0.15) is 11.6 Å². The number of benzene rings is 2. The van der Waals surface area contributed by atoms with E-state index in [1.165, 1.54) is 25.3 Å². The van der Waals surface area contributed by atoms with E-state index < -0.39 is 33.9 Å². The summed E-state index contributed by atoms with van der Waals surface area (Å²) in [6.07, 6.45) is 0.409. The number of rotatable bonds is 7. The first-order valence-electron chi connectivity index (χ1n) is 8.94. The lowest BCUT2D eigenvalue weighted by atomic mass is 10.0. The van der Waals surface area contributed by atoms with Crippen molar-refractivity contribution in [2.24, 2.45) is 0 Å². The summed E-state index contributed by atoms with van der Waals surface area (Å²) in [5, 5.41) is 2.40. The molecule has 1 atom stereocenters. The number of fused-ring (bicyclic) bond motifs is 1. The molecule has 0 heterocycles. The summed E-state index contributed by atoms with van der Waals surface area (Å²) in [5.74, 6) is -1.90. The first kappa shape index (κ1) is 22.6. The molecule has 0 aromatic heterocycles. The van der Waals surface area contributed by atoms with Crippen LogP contribution >= 0.6 is 11.6 Å². The number of amides is 1. The number of nitrogens with zero attached hydrogens (tertiary/aromatic N) is 1. The molecule has 0 radical (unpaired) electrons. The lowest BCUT2D eigenvalue weighted by Gasteiger charge is -2.26. The zero-order valence-corrected chi connectivity index (χ0v) is 17.4. The van der Waals surface area contributed by atoms with Crippen LogP contribution in [0.15, 0.2) is 30.3 Å². The average molecular weight is 461 g/mol. The number of halogens is 3. The number of methoxy groups -OCH3 is 1. The second kappa shape index (κ2) is 8.94. The van der Waals surface area contributed by atoms with Gasteiger partial charge in [0.2, 0.25) is 0 Å². The molecule has 30 heavy (non-hydrogen) atoms. The molecule has 11 heteroatoms. The molecule has 0 fully saturated rings. The Morgan fingerprint density at radius 2 is 2.00 bits per heavy atom. The van der Waals surface area contributed by atoms with Crippen LogP contribution in [0.3, 0.4) is 0 Å². The standard InChI is InChI=1S/C19H19ClF2N2O5S/c1-29-9-8-24(30(26,27)28)17-7-4-12-13(3-6-16(22)18(12)17)19(25)23-11-2-5-15(21)14(20)10-11/h2-3,5-6,10,17H,4,7-9H2,1H3,(H,23,25)(H,26,27,28)/t17-/m0/s1. The van der Waals surface area contributed by atoms with Crippen molar-refractivity contribution in [1.29, 1.82) is 0 Å². The summed E-state index contributed by atoms with van der Waals surface area (Å²) in [7, 11) is -3.26. The minimum atomic E-state index is -4.63. The average Bonchev–Trinajstić information content (AvgIpc) is 3.10. The van der Waals surface area contributed by atoms with Crippen LogP contribution in [0.5, 0.6) is 0 Å². The molecule has 1 amide bonds. The van der Waals surface area contributed by atoms with Gasteiger partial charge in [0.15, 0.2) is 0 Å². The molecule has 0 saturated heterocycles. The van der Waals surface area contributed by atoms with Crippen molar-refractivity contribution in [3.63, 3.8) is 0 Å². The van der Waals surface area contributed by atoms with Gasteiger partial charge in [-0.05, 0) is 48.7 Å². The van der Waals surface area contributed by atoms with E-state index >= 15 is 0 Å². The molecule has 1 aliphatic carbocycles. The van der Waals surface area contributed by atoms with Crippen molar-refractivity contribution in [2.45, 2.75) is 18.9 Å². The smallest absolute Gasteiger partial charge is 0.336 e. The maximum absolute atomic E-state index is 14.7. The predicted octanol–water partition coefficient (Wildman–Crippen LogP) is 3.61. The van der Waals surface area contributed by atoms with Crippen LogP contribution in [-0.2, 0) is 21.5 Å². The molecular formula is C19H19ClF2N2O5S. The minimum Gasteiger partial charge on any atom is -0.383 e. The monoisotopic (exact) mass is 460 g/mol. The second-order valence-electron chi connectivity index (χ2n) is 6.71. The van der Waals surface area contributed by atoms with E-state index in [-0.39, 0.29) is 47.8 Å². The van der Waals surface area contributed by atoms with Gasteiger partial charge in [-0.2, -0.15) is 12.7 Å². The van der Waals surface area contributed by atoms with Crippen LogP contribution in [0.1, 0.15) is 33.9 Å². The van der Waals surface area contributed by atoms with Crippen molar-refractivity contribution >= 4 is 33.5 Å². The first-order valence-corrected chi connectivity index (χ1v) is 10.7. The largest absolute Gasteiger partial charge is 0.383 e. The molecule has 162 valence electrons. The van der Waals surface area contributed by atoms with Gasteiger partial charge in [0, 0.05) is 30.5 Å². The molecule has 2 N–H and O–H groups in total. The molecule has 0 bridgehead atoms. The highest BCUT2D eigenvalue weighted by atomic mass is 35.5. The zero-order valence-electron chi connectivity index (χ0n) is 15.9. The van der Waals surface area contributed by atoms with Crippen molar-refractivity contribution in [1.82, 2.24) is 4.31 Å². The molecule has 7 nitrogen and oxygen atoms in total. The van der Waals surface area contributed by atoms with Crippen LogP contribution in [-0.4, -0.2) is 43.4 Å². The number of anilines is 1. The minimum absolute atomic E-state index is 0.00124. The third-order valence-corrected chi connectivity index (χ3v) is 6.21. The maximum Gasteiger partial charge on any atom is 0.336 e. The lowest BCUT2D eigenvalue weighted by Crippen LogP contribution is -2.36. The predicted molar refractivity (Wildman–Crippen MR) is 107 cm³/mol. The number of ether oxygens (including phenoxy) is 1. The summed E-state index contributed by atoms with van der Waals surface area (Å²) in [6, 6.07) is 5.07. The van der Waals surface area contributed by atoms with Crippen molar-refractivity contribution in [3.05, 3.63) is 63.7 Å². The SMILES string of the molecule is COCCN([C@H]1CCc2c(C(=O)Nc3ccc(F)c(Cl)c3)ccc(F)c21)S(=O)(=O)O. The molecule has 2 aromatic rings. The highest BCUT2D eigenvalue weighted by Crippen LogP contribution is 2.40. The summed E-state index contributed by atoms with van der Waals surface area (Å²) >= 11 is 5.72. The maximum atomic E-state index is 14.7. The molecule has 0 spiro atoms. The van der Waals surface area contributed by atoms with Gasteiger partial charge in [-0.25, -0.2) is 8.78 Å². The molecule has 3 rings (SSSR count). The molecule has 0 unspecified atom stereocenters. The Morgan fingerprint density at radius 1 is 1.30 bits per heavy atom. The first-order chi connectivity index (χ1) is 14.1. The summed E-state index contributed by atoms with van der Waals surface area (Å²) in [6.45, 7) is -0.178. The van der Waals surface area contributed by atoms with Crippen LogP contribution in [0.25, 0.3) is 0 Å². The van der Waals surface area contributed by atoms with Gasteiger partial charge in [-0.15, -0.1) is 0 Å². The van der Waals surface area contributed by atoms with Gasteiger partial charge in [0.05, 0.1) is 17.7 Å². The second-order valence-corrected chi connectivity index (χ2v) is 8.48. The number of carbonyl (C=O) groups is 1. The molecular weight excluding hydrogens is 442 g/mol. The van der Waals surface area contributed by atoms with Crippen molar-refractivity contribution in [3.8, 4) is 0 Å². The highest BCUT2D eigenvalue weighted by molar-refractivity contribution is 7.83. The van der Waals surface area contributed by atoms with E-state index in [1.54, 1.807) is 0 Å². The van der Waals surface area contributed by atoms with Gasteiger partial charge in [-0.1, -0.05) is 11.6 Å². The van der Waals surface area contributed by atoms with E-state index in [0.29, 0.717) is 5.56 Å². The van der Waals surface area contributed by atoms with Crippen LogP contribution < -0.4 is 5.32 Å². The van der Waals surface area contributed by atoms with E-state index in [4.69, 9.17) is 16.3 Å². The third kappa shape index (κ3) is 4.62. The van der Waals surface area contributed by atoms with Crippen LogP contribution in [0.4, 0.5) is 14.5 Å². The van der Waals surface area contributed by atoms with E-state index in [9.17, 15) is 26.5 Å². The Balaban J connectivity index is 1.95. The number of hydrogen-bond acceptors (Lipinski definition) is 4. The fourth-order valence-corrected chi connectivity index (χ4v) is 4.60. The van der Waals surface area contributed by atoms with Crippen molar-refractivity contribution < 1.29 is 31.3 Å². The Bertz CT molecular complexity index is 1080. The molecule has 0 saturated carbocycles. The summed E-state index contributed by atoms with van der Waals surface area (Å²) < 4.78 is 66.9. The number of nitrogens with one attached hydrogen (secondary N) is 1. The third-order valence-electron chi connectivity index (χ3n) is 4.89. The van der Waals surface area contributed by atoms with E-state index in [1.807, 2.05) is 0 Å². The highest BCUT2D eigenvalue weighted by Gasteiger charge is 2.38. The zero-order chi connectivity index (χ0) is 22.1. The fraction of sp³-hybridized carbons (Fsp3) is 0.316. The topological polar surface area (TPSA) is 95.9 Å². The molecule has 2 aromatic carbocycles. The Labute approximate surface area is 177 Å². The van der Waals surface area contributed by atoms with Gasteiger partial charge >= 0.3 is 10.3 Å². The Morgan fingerprint density at radius 3 is 2.63 bits per heavy atom. The summed E-state index contributed by atoms with van der Waals surface area (Å²) in [4.78, 5) is 12.8. The van der Waals surface area contributed by atoms with Crippen molar-refractivity contribution in [2.75, 3.05) is 25.6 Å². The molecule has 0 aliphatic heterocycles. The number of carbonyl (C=O) groups excluding carboxylic acids is 1. The van der Waals surface area contributed by atoms with E-state index in [2.05, 4.69) is 5.32 Å². The normalized spacial score (nSPS) is 16.0. The van der Waals surface area contributed by atoms with E-state index in [0.717, 1.165) is 16.4 Å². The van der Waals surface area contributed by atoms with Gasteiger partial charge in [0.25, 0.3) is 5.91 Å². The quantitative estimate of drug-likeness (QED) is 0.615. The van der Waals surface area contributed by atoms with Gasteiger partial charge in [-0.3, -0.25) is 9.35 Å². The Hall–Kier alpha value is -2.11. The lowest BCUT2D eigenvalue weighted by molar-refractivity contribution is 0.102. The molecule has 1 aliphatic rings. The number of hydrogen-bond donors (Lipinski definition) is 2. The fourth-order valence-electron chi connectivity index (χ4n) is 3.58. The van der Waals surface area contributed by atoms with Crippen LogP contribution in [0, 0.1) is 11.6 Å². The summed E-state index contributed by atoms with van der Waals surface area (Å²) in [5.41, 5.74) is 0.778. The van der Waals surface area contributed by atoms with Gasteiger partial charge < -0.3 is 10.1 Å². The van der Waals surface area contributed by atoms with Crippen LogP contribution in [0.2, 0.25) is 5.02 Å². The Kier molecular flexibility index (Phi) is 6.73.